The van der Waals surface area contributed by atoms with E-state index in [-0.39, 0.29) is 6.03 Å². The van der Waals surface area contributed by atoms with Gasteiger partial charge >= 0.3 is 6.03 Å². The molecule has 25 heavy (non-hydrogen) atoms. The Morgan fingerprint density at radius 1 is 1.24 bits per heavy atom. The molecule has 0 bridgehead atoms. The lowest BCUT2D eigenvalue weighted by atomic mass is 9.90. The van der Waals surface area contributed by atoms with Gasteiger partial charge in [0.1, 0.15) is 5.54 Å². The predicted octanol–water partition coefficient (Wildman–Crippen LogP) is 3.48. The summed E-state index contributed by atoms with van der Waals surface area (Å²) in [5, 5.41) is 10.2. The van der Waals surface area contributed by atoms with Gasteiger partial charge in [-0.15, -0.1) is 0 Å². The van der Waals surface area contributed by atoms with Gasteiger partial charge in [-0.1, -0.05) is 22.8 Å². The van der Waals surface area contributed by atoms with Crippen LogP contribution in [0.3, 0.4) is 0 Å². The van der Waals surface area contributed by atoms with Crippen LogP contribution in [-0.4, -0.2) is 29.4 Å². The standard InChI is InChI=1S/C17H21ClN4O3/c1-10-4-5-13(14(18)11(10)2)20-16(23)21-17(6-8-24-9-7-17)15-19-12(3)22-25-15/h4-5H,6-9H2,1-3H3,(H2,20,21,23). The molecule has 134 valence electrons. The first kappa shape index (κ1) is 17.7. The van der Waals surface area contributed by atoms with E-state index in [0.717, 1.165) is 11.1 Å². The van der Waals surface area contributed by atoms with Gasteiger partial charge in [-0.05, 0) is 38.0 Å². The molecule has 0 spiro atoms. The fourth-order valence-electron chi connectivity index (χ4n) is 2.85. The summed E-state index contributed by atoms with van der Waals surface area (Å²) in [6, 6.07) is 3.34. The van der Waals surface area contributed by atoms with Crippen LogP contribution in [0.5, 0.6) is 0 Å². The number of hydrogen-bond acceptors (Lipinski definition) is 5. The van der Waals surface area contributed by atoms with Crippen molar-refractivity contribution in [3.8, 4) is 0 Å². The number of aryl methyl sites for hydroxylation is 2. The lowest BCUT2D eigenvalue weighted by molar-refractivity contribution is 0.0285. The van der Waals surface area contributed by atoms with Crippen LogP contribution in [0.25, 0.3) is 0 Å². The minimum atomic E-state index is -0.740. The fraction of sp³-hybridized carbons (Fsp3) is 0.471. The monoisotopic (exact) mass is 364 g/mol. The molecule has 1 aliphatic rings. The van der Waals surface area contributed by atoms with Crippen molar-refractivity contribution in [2.45, 2.75) is 39.2 Å². The van der Waals surface area contributed by atoms with Crippen molar-refractivity contribution in [3.05, 3.63) is 40.0 Å². The van der Waals surface area contributed by atoms with Crippen LogP contribution in [0.4, 0.5) is 10.5 Å². The van der Waals surface area contributed by atoms with E-state index < -0.39 is 5.54 Å². The number of rotatable bonds is 3. The SMILES string of the molecule is Cc1noc(C2(NC(=O)Nc3ccc(C)c(C)c3Cl)CCOCC2)n1. The number of urea groups is 1. The molecule has 2 N–H and O–H groups in total. The van der Waals surface area contributed by atoms with E-state index in [4.69, 9.17) is 20.9 Å². The number of anilines is 1. The minimum Gasteiger partial charge on any atom is -0.381 e. The summed E-state index contributed by atoms with van der Waals surface area (Å²) >= 11 is 6.34. The van der Waals surface area contributed by atoms with E-state index in [1.54, 1.807) is 13.0 Å². The topological polar surface area (TPSA) is 89.3 Å². The third kappa shape index (κ3) is 3.62. The largest absolute Gasteiger partial charge is 0.381 e. The zero-order valence-corrected chi connectivity index (χ0v) is 15.2. The number of ether oxygens (including phenoxy) is 1. The molecule has 0 saturated carbocycles. The van der Waals surface area contributed by atoms with Gasteiger partial charge in [-0.3, -0.25) is 0 Å². The average molecular weight is 365 g/mol. The number of carbonyl (C=O) groups is 1. The van der Waals surface area contributed by atoms with Gasteiger partial charge in [0.2, 0.25) is 0 Å². The van der Waals surface area contributed by atoms with Gasteiger partial charge in [0, 0.05) is 26.1 Å². The average Bonchev–Trinajstić information content (AvgIpc) is 3.03. The first-order chi connectivity index (χ1) is 11.9. The van der Waals surface area contributed by atoms with Crippen molar-refractivity contribution in [3.63, 3.8) is 0 Å². The van der Waals surface area contributed by atoms with Gasteiger partial charge in [0.05, 0.1) is 10.7 Å². The van der Waals surface area contributed by atoms with E-state index in [9.17, 15) is 4.79 Å². The quantitative estimate of drug-likeness (QED) is 0.870. The first-order valence-electron chi connectivity index (χ1n) is 8.15. The Kier molecular flexibility index (Phi) is 4.96. The Morgan fingerprint density at radius 3 is 2.60 bits per heavy atom. The fourth-order valence-corrected chi connectivity index (χ4v) is 3.11. The Balaban J connectivity index is 1.81. The van der Waals surface area contributed by atoms with Gasteiger partial charge < -0.3 is 19.9 Å². The molecule has 1 saturated heterocycles. The lowest BCUT2D eigenvalue weighted by Crippen LogP contribution is -2.51. The molecule has 2 heterocycles. The highest BCUT2D eigenvalue weighted by atomic mass is 35.5. The number of carbonyl (C=O) groups excluding carboxylic acids is 1. The molecule has 7 nitrogen and oxygen atoms in total. The van der Waals surface area contributed by atoms with E-state index >= 15 is 0 Å². The highest BCUT2D eigenvalue weighted by Crippen LogP contribution is 2.32. The molecule has 8 heteroatoms. The summed E-state index contributed by atoms with van der Waals surface area (Å²) in [5.74, 6) is 0.926. The van der Waals surface area contributed by atoms with Gasteiger partial charge in [-0.25, -0.2) is 4.79 Å². The molecule has 1 aromatic carbocycles. The maximum Gasteiger partial charge on any atom is 0.320 e. The van der Waals surface area contributed by atoms with Crippen molar-refractivity contribution < 1.29 is 14.1 Å². The second-order valence-corrected chi connectivity index (χ2v) is 6.67. The summed E-state index contributed by atoms with van der Waals surface area (Å²) in [7, 11) is 0. The zero-order chi connectivity index (χ0) is 18.0. The number of hydrogen-bond donors (Lipinski definition) is 2. The van der Waals surface area contributed by atoms with Crippen LogP contribution in [0.1, 0.15) is 35.7 Å². The molecule has 2 aromatic rings. The molecule has 0 aliphatic carbocycles. The second kappa shape index (κ2) is 7.01. The molecule has 2 amide bonds. The number of amides is 2. The zero-order valence-electron chi connectivity index (χ0n) is 14.5. The second-order valence-electron chi connectivity index (χ2n) is 6.29. The van der Waals surface area contributed by atoms with Crippen molar-refractivity contribution in [1.82, 2.24) is 15.5 Å². The smallest absolute Gasteiger partial charge is 0.320 e. The highest BCUT2D eigenvalue weighted by Gasteiger charge is 2.41. The molecule has 0 atom stereocenters. The van der Waals surface area contributed by atoms with Gasteiger partial charge in [0.15, 0.2) is 5.82 Å². The first-order valence-corrected chi connectivity index (χ1v) is 8.52. The molecule has 1 aliphatic heterocycles. The molecule has 1 aromatic heterocycles. The van der Waals surface area contributed by atoms with E-state index in [2.05, 4.69) is 20.8 Å². The minimum absolute atomic E-state index is 0.372. The summed E-state index contributed by atoms with van der Waals surface area (Å²) in [4.78, 5) is 16.9. The van der Waals surface area contributed by atoms with Crippen LogP contribution in [0.15, 0.2) is 16.7 Å². The van der Waals surface area contributed by atoms with Crippen molar-refractivity contribution in [2.24, 2.45) is 0 Å². The summed E-state index contributed by atoms with van der Waals surface area (Å²) < 4.78 is 10.7. The summed E-state index contributed by atoms with van der Waals surface area (Å²) in [6.45, 7) is 6.65. The predicted molar refractivity (Wildman–Crippen MR) is 93.8 cm³/mol. The molecule has 3 rings (SSSR count). The van der Waals surface area contributed by atoms with Crippen LogP contribution >= 0.6 is 11.6 Å². The number of nitrogens with zero attached hydrogens (tertiary/aromatic N) is 2. The Morgan fingerprint density at radius 2 is 1.96 bits per heavy atom. The van der Waals surface area contributed by atoms with Crippen molar-refractivity contribution in [2.75, 3.05) is 18.5 Å². The molecule has 1 fully saturated rings. The summed E-state index contributed by atoms with van der Waals surface area (Å²) in [6.07, 6.45) is 1.12. The van der Waals surface area contributed by atoms with E-state index in [1.165, 1.54) is 0 Å². The Labute approximate surface area is 151 Å². The van der Waals surface area contributed by atoms with Crippen molar-refractivity contribution >= 4 is 23.3 Å². The van der Waals surface area contributed by atoms with Gasteiger partial charge in [0.25, 0.3) is 5.89 Å². The molecule has 0 unspecified atom stereocenters. The Bertz CT molecular complexity index is 784. The van der Waals surface area contributed by atoms with Crippen LogP contribution in [0.2, 0.25) is 5.02 Å². The maximum absolute atomic E-state index is 12.6. The van der Waals surface area contributed by atoms with E-state index in [0.29, 0.717) is 48.5 Å². The molecular formula is C17H21ClN4O3. The lowest BCUT2D eigenvalue weighted by Gasteiger charge is -2.34. The van der Waals surface area contributed by atoms with Gasteiger partial charge in [-0.2, -0.15) is 4.98 Å². The molecule has 0 radical (unpaired) electrons. The van der Waals surface area contributed by atoms with E-state index in [1.807, 2.05) is 19.9 Å². The number of benzene rings is 1. The number of halogens is 1. The van der Waals surface area contributed by atoms with Crippen LogP contribution in [-0.2, 0) is 10.3 Å². The molecular weight excluding hydrogens is 344 g/mol. The normalized spacial score (nSPS) is 16.5. The summed E-state index contributed by atoms with van der Waals surface area (Å²) in [5.41, 5.74) is 1.83. The maximum atomic E-state index is 12.6. The number of aromatic nitrogens is 2. The van der Waals surface area contributed by atoms with Crippen molar-refractivity contribution in [1.29, 1.82) is 0 Å². The third-order valence-electron chi connectivity index (χ3n) is 4.54. The third-order valence-corrected chi connectivity index (χ3v) is 5.03. The van der Waals surface area contributed by atoms with Crippen LogP contribution < -0.4 is 10.6 Å². The van der Waals surface area contributed by atoms with Crippen LogP contribution in [0, 0.1) is 20.8 Å². The number of nitrogens with one attached hydrogen (secondary N) is 2. The highest BCUT2D eigenvalue weighted by molar-refractivity contribution is 6.34. The Hall–Kier alpha value is -2.12.